The Morgan fingerprint density at radius 2 is 2.21 bits per heavy atom. The second-order valence-electron chi connectivity index (χ2n) is 3.83. The lowest BCUT2D eigenvalue weighted by Crippen LogP contribution is -1.89. The normalized spacial score (nSPS) is 11.1. The highest BCUT2D eigenvalue weighted by Crippen LogP contribution is 2.32. The van der Waals surface area contributed by atoms with E-state index in [9.17, 15) is 10.1 Å². The summed E-state index contributed by atoms with van der Waals surface area (Å²) in [6.45, 7) is 1.92. The molecule has 0 saturated carbocycles. The highest BCUT2D eigenvalue weighted by Gasteiger charge is 2.17. The van der Waals surface area contributed by atoms with Crippen LogP contribution in [0.5, 0.6) is 0 Å². The fourth-order valence-electron chi connectivity index (χ4n) is 1.69. The van der Waals surface area contributed by atoms with Crippen LogP contribution in [0, 0.1) is 17.0 Å². The Hall–Kier alpha value is -1.99. The van der Waals surface area contributed by atoms with Crippen LogP contribution in [0.2, 0.25) is 5.15 Å². The van der Waals surface area contributed by atoms with Crippen molar-refractivity contribution in [3.63, 3.8) is 0 Å². The van der Waals surface area contributed by atoms with E-state index in [0.29, 0.717) is 5.15 Å². The van der Waals surface area contributed by atoms with Crippen LogP contribution in [0.4, 0.5) is 5.88 Å². The third-order valence-electron chi connectivity index (χ3n) is 2.57. The van der Waals surface area contributed by atoms with Gasteiger partial charge in [-0.2, -0.15) is 0 Å². The van der Waals surface area contributed by atoms with Gasteiger partial charge in [-0.05, 0) is 23.9 Å². The van der Waals surface area contributed by atoms with Crippen LogP contribution in [0.25, 0.3) is 21.8 Å². The van der Waals surface area contributed by atoms with Gasteiger partial charge in [0.2, 0.25) is 0 Å². The van der Waals surface area contributed by atoms with Crippen LogP contribution < -0.4 is 0 Å². The van der Waals surface area contributed by atoms with Gasteiger partial charge in [0.1, 0.15) is 14.9 Å². The number of halogens is 1. The van der Waals surface area contributed by atoms with Crippen LogP contribution in [0.1, 0.15) is 5.56 Å². The van der Waals surface area contributed by atoms with E-state index >= 15 is 0 Å². The molecule has 19 heavy (non-hydrogen) atoms. The van der Waals surface area contributed by atoms with Crippen molar-refractivity contribution in [1.29, 1.82) is 0 Å². The molecule has 96 valence electrons. The molecule has 0 saturated heterocycles. The maximum atomic E-state index is 10.6. The van der Waals surface area contributed by atoms with Gasteiger partial charge in [-0.25, -0.2) is 9.97 Å². The van der Waals surface area contributed by atoms with E-state index in [0.717, 1.165) is 15.8 Å². The van der Waals surface area contributed by atoms with Crippen molar-refractivity contribution < 1.29 is 9.34 Å². The Balaban J connectivity index is 2.16. The van der Waals surface area contributed by atoms with E-state index in [1.165, 1.54) is 23.5 Å². The second kappa shape index (κ2) is 4.29. The van der Waals surface area contributed by atoms with Gasteiger partial charge in [0.25, 0.3) is 0 Å². The van der Waals surface area contributed by atoms with Gasteiger partial charge in [-0.3, -0.25) is 10.1 Å². The number of hydrogen-bond acceptors (Lipinski definition) is 6. The van der Waals surface area contributed by atoms with Crippen molar-refractivity contribution in [3.8, 4) is 11.6 Å². The van der Waals surface area contributed by atoms with E-state index in [-0.39, 0.29) is 17.5 Å². The lowest BCUT2D eigenvalue weighted by Gasteiger charge is -1.98. The summed E-state index contributed by atoms with van der Waals surface area (Å²) < 4.78 is 5.06. The number of nitro groups is 1. The molecule has 3 rings (SSSR count). The number of fused-ring (bicyclic) bond motifs is 1. The molecule has 0 unspecified atom stereocenters. The number of furan rings is 1. The van der Waals surface area contributed by atoms with Gasteiger partial charge in [-0.15, -0.1) is 11.3 Å². The van der Waals surface area contributed by atoms with E-state index < -0.39 is 4.92 Å². The lowest BCUT2D eigenvalue weighted by atomic mass is 10.3. The minimum atomic E-state index is -0.612. The molecule has 0 fully saturated rings. The van der Waals surface area contributed by atoms with E-state index in [2.05, 4.69) is 9.97 Å². The lowest BCUT2D eigenvalue weighted by molar-refractivity contribution is -0.401. The van der Waals surface area contributed by atoms with Crippen molar-refractivity contribution in [3.05, 3.63) is 38.3 Å². The van der Waals surface area contributed by atoms with E-state index in [4.69, 9.17) is 16.0 Å². The molecule has 0 aromatic carbocycles. The minimum absolute atomic E-state index is 0.224. The molecule has 3 heterocycles. The summed E-state index contributed by atoms with van der Waals surface area (Å²) >= 11 is 7.55. The summed E-state index contributed by atoms with van der Waals surface area (Å²) in [7, 11) is 0. The highest BCUT2D eigenvalue weighted by molar-refractivity contribution is 7.17. The van der Waals surface area contributed by atoms with Gasteiger partial charge < -0.3 is 4.42 Å². The maximum absolute atomic E-state index is 10.6. The van der Waals surface area contributed by atoms with Gasteiger partial charge in [0.05, 0.1) is 11.5 Å². The predicted octanol–water partition coefficient (Wildman–Crippen LogP) is 3.82. The first-order valence-corrected chi connectivity index (χ1v) is 6.48. The molecular weight excluding hydrogens is 290 g/mol. The number of aromatic nitrogens is 2. The Bertz CT molecular complexity index is 796. The number of thiophene rings is 1. The largest absolute Gasteiger partial charge is 0.433 e. The summed E-state index contributed by atoms with van der Waals surface area (Å²) in [5, 5.41) is 13.6. The molecule has 0 aliphatic carbocycles. The molecule has 0 aliphatic rings. The predicted molar refractivity (Wildman–Crippen MR) is 71.5 cm³/mol. The Morgan fingerprint density at radius 1 is 1.42 bits per heavy atom. The van der Waals surface area contributed by atoms with Crippen LogP contribution in [0.3, 0.4) is 0 Å². The molecule has 0 atom stereocenters. The van der Waals surface area contributed by atoms with Gasteiger partial charge in [0.15, 0.2) is 11.6 Å². The average Bonchev–Trinajstić information content (AvgIpc) is 2.96. The average molecular weight is 296 g/mol. The fraction of sp³-hybridized carbons (Fsp3) is 0.0909. The molecule has 6 nitrogen and oxygen atoms in total. The molecule has 8 heteroatoms. The summed E-state index contributed by atoms with van der Waals surface area (Å²) in [6, 6.07) is 2.71. The van der Waals surface area contributed by atoms with Crippen molar-refractivity contribution in [2.24, 2.45) is 0 Å². The molecule has 0 N–H and O–H groups in total. The van der Waals surface area contributed by atoms with Crippen molar-refractivity contribution in [2.45, 2.75) is 6.92 Å². The van der Waals surface area contributed by atoms with E-state index in [1.807, 2.05) is 12.3 Å². The molecule has 0 radical (unpaired) electrons. The molecule has 3 aromatic heterocycles. The monoisotopic (exact) mass is 295 g/mol. The first-order chi connectivity index (χ1) is 9.06. The minimum Gasteiger partial charge on any atom is -0.397 e. The van der Waals surface area contributed by atoms with Gasteiger partial charge in [-0.1, -0.05) is 11.6 Å². The molecule has 0 aliphatic heterocycles. The van der Waals surface area contributed by atoms with Crippen molar-refractivity contribution >= 4 is 39.0 Å². The topological polar surface area (TPSA) is 82.1 Å². The summed E-state index contributed by atoms with van der Waals surface area (Å²) in [5.41, 5.74) is 1.00. The first-order valence-electron chi connectivity index (χ1n) is 5.22. The summed E-state index contributed by atoms with van der Waals surface area (Å²) in [4.78, 5) is 19.1. The number of nitrogens with zero attached hydrogens (tertiary/aromatic N) is 3. The zero-order chi connectivity index (χ0) is 13.6. The fourth-order valence-corrected chi connectivity index (χ4v) is 2.99. The second-order valence-corrected chi connectivity index (χ2v) is 5.05. The van der Waals surface area contributed by atoms with Gasteiger partial charge in [0, 0.05) is 0 Å². The Labute approximate surface area is 115 Å². The smallest absolute Gasteiger partial charge is 0.397 e. The number of hydrogen-bond donors (Lipinski definition) is 0. The third-order valence-corrected chi connectivity index (χ3v) is 3.83. The maximum Gasteiger partial charge on any atom is 0.433 e. The molecule has 0 spiro atoms. The first kappa shape index (κ1) is 12.1. The summed E-state index contributed by atoms with van der Waals surface area (Å²) in [6.07, 6.45) is 0. The summed E-state index contributed by atoms with van der Waals surface area (Å²) in [5.74, 6) is 0.117. The van der Waals surface area contributed by atoms with E-state index in [1.54, 1.807) is 0 Å². The van der Waals surface area contributed by atoms with Gasteiger partial charge >= 0.3 is 5.88 Å². The Morgan fingerprint density at radius 3 is 2.89 bits per heavy atom. The molecule has 3 aromatic rings. The Kier molecular flexibility index (Phi) is 2.72. The van der Waals surface area contributed by atoms with Crippen LogP contribution in [-0.2, 0) is 0 Å². The van der Waals surface area contributed by atoms with Crippen LogP contribution in [0.15, 0.2) is 21.9 Å². The highest BCUT2D eigenvalue weighted by atomic mass is 35.5. The molecule has 0 amide bonds. The SMILES string of the molecule is Cc1csc2nc(-c3ccc([N+](=O)[O-])o3)nc(Cl)c12. The standard InChI is InChI=1S/C11H6ClN3O3S/c1-5-4-19-11-8(5)9(12)13-10(14-11)6-2-3-7(18-6)15(16)17/h2-4H,1H3. The van der Waals surface area contributed by atoms with Crippen LogP contribution >= 0.6 is 22.9 Å². The number of rotatable bonds is 2. The third kappa shape index (κ3) is 1.96. The molecular formula is C11H6ClN3O3S. The zero-order valence-electron chi connectivity index (χ0n) is 9.58. The quantitative estimate of drug-likeness (QED) is 0.408. The van der Waals surface area contributed by atoms with Crippen LogP contribution in [-0.4, -0.2) is 14.9 Å². The van der Waals surface area contributed by atoms with Crippen molar-refractivity contribution in [2.75, 3.05) is 0 Å². The molecule has 0 bridgehead atoms. The number of aryl methyl sites for hydroxylation is 1. The van der Waals surface area contributed by atoms with Crippen molar-refractivity contribution in [1.82, 2.24) is 9.97 Å². The zero-order valence-corrected chi connectivity index (χ0v) is 11.2.